The summed E-state index contributed by atoms with van der Waals surface area (Å²) < 4.78 is 0. The van der Waals surface area contributed by atoms with E-state index in [-0.39, 0.29) is 0 Å². The van der Waals surface area contributed by atoms with Crippen molar-refractivity contribution in [3.63, 3.8) is 0 Å². The fourth-order valence-corrected chi connectivity index (χ4v) is 4.26. The molecule has 2 heterocycles. The Hall–Kier alpha value is -4.51. The maximum Gasteiger partial charge on any atom is 0.0843 e. The molecule has 1 aliphatic carbocycles. The van der Waals surface area contributed by atoms with Gasteiger partial charge in [-0.15, -0.1) is 0 Å². The van der Waals surface area contributed by atoms with Crippen molar-refractivity contribution < 1.29 is 0 Å². The molecule has 0 unspecified atom stereocenters. The molecule has 37 heavy (non-hydrogen) atoms. The first-order valence-corrected chi connectivity index (χ1v) is 12.5. The van der Waals surface area contributed by atoms with Crippen molar-refractivity contribution in [3.05, 3.63) is 132 Å². The molecule has 0 radical (unpaired) electrons. The van der Waals surface area contributed by atoms with Crippen LogP contribution in [0.15, 0.2) is 110 Å². The van der Waals surface area contributed by atoms with Crippen LogP contribution in [0.5, 0.6) is 0 Å². The van der Waals surface area contributed by atoms with Crippen molar-refractivity contribution in [2.75, 3.05) is 10.6 Å². The summed E-state index contributed by atoms with van der Waals surface area (Å²) in [5.74, 6) is 0.573. The molecule has 2 aromatic carbocycles. The molecule has 184 valence electrons. The number of aromatic nitrogens is 2. The minimum Gasteiger partial charge on any atom is -0.358 e. The first-order chi connectivity index (χ1) is 18.0. The third kappa shape index (κ3) is 6.01. The Morgan fingerprint density at radius 1 is 0.892 bits per heavy atom. The average Bonchev–Trinajstić information content (AvgIpc) is 3.76. The molecule has 0 saturated heterocycles. The molecule has 4 aromatic rings. The van der Waals surface area contributed by atoms with Crippen LogP contribution >= 0.6 is 0 Å². The highest BCUT2D eigenvalue weighted by atomic mass is 14.9. The lowest BCUT2D eigenvalue weighted by molar-refractivity contribution is 1.02. The lowest BCUT2D eigenvalue weighted by atomic mass is 9.96. The van der Waals surface area contributed by atoms with Crippen molar-refractivity contribution >= 4 is 17.1 Å². The molecule has 0 atom stereocenters. The first kappa shape index (κ1) is 24.2. The number of pyridine rings is 2. The number of aryl methyl sites for hydroxylation is 1. The SMILES string of the molecule is C=C(Nc1ccc(Cc2ccccc2)nc1)C(=N)c1cc(-c2cncc(NC(=C)C3CC3)c2)ccc1C. The number of allylic oxidation sites excluding steroid dienone is 2. The van der Waals surface area contributed by atoms with E-state index in [0.29, 0.717) is 17.3 Å². The molecule has 0 aliphatic heterocycles. The zero-order chi connectivity index (χ0) is 25.8. The van der Waals surface area contributed by atoms with Gasteiger partial charge in [-0.25, -0.2) is 0 Å². The van der Waals surface area contributed by atoms with Crippen molar-refractivity contribution in [1.29, 1.82) is 5.41 Å². The van der Waals surface area contributed by atoms with Crippen LogP contribution in [0, 0.1) is 18.3 Å². The second-order valence-electron chi connectivity index (χ2n) is 9.60. The van der Waals surface area contributed by atoms with Crippen LogP contribution in [0.1, 0.15) is 35.2 Å². The zero-order valence-corrected chi connectivity index (χ0v) is 21.1. The molecule has 0 spiro atoms. The molecular formula is C32H31N5. The largest absolute Gasteiger partial charge is 0.358 e. The minimum atomic E-state index is 0.345. The highest BCUT2D eigenvalue weighted by molar-refractivity contribution is 6.13. The summed E-state index contributed by atoms with van der Waals surface area (Å²) in [4.78, 5) is 9.00. The zero-order valence-electron chi connectivity index (χ0n) is 21.1. The first-order valence-electron chi connectivity index (χ1n) is 12.5. The molecule has 0 amide bonds. The van der Waals surface area contributed by atoms with Gasteiger partial charge in [0.25, 0.3) is 0 Å². The average molecular weight is 486 g/mol. The molecule has 3 N–H and O–H groups in total. The van der Waals surface area contributed by atoms with E-state index >= 15 is 0 Å². The normalized spacial score (nSPS) is 12.6. The van der Waals surface area contributed by atoms with Gasteiger partial charge in [0.15, 0.2) is 0 Å². The highest BCUT2D eigenvalue weighted by Gasteiger charge is 2.24. The monoisotopic (exact) mass is 485 g/mol. The van der Waals surface area contributed by atoms with E-state index in [1.165, 1.54) is 18.4 Å². The summed E-state index contributed by atoms with van der Waals surface area (Å²) >= 11 is 0. The predicted molar refractivity (Wildman–Crippen MR) is 153 cm³/mol. The number of rotatable bonds is 10. The third-order valence-corrected chi connectivity index (χ3v) is 6.60. The van der Waals surface area contributed by atoms with Gasteiger partial charge in [-0.2, -0.15) is 0 Å². The number of hydrogen-bond acceptors (Lipinski definition) is 5. The van der Waals surface area contributed by atoms with E-state index < -0.39 is 0 Å². The van der Waals surface area contributed by atoms with E-state index in [1.54, 1.807) is 6.20 Å². The van der Waals surface area contributed by atoms with Gasteiger partial charge in [0.2, 0.25) is 0 Å². The Balaban J connectivity index is 1.28. The molecule has 5 heteroatoms. The third-order valence-electron chi connectivity index (χ3n) is 6.60. The smallest absolute Gasteiger partial charge is 0.0843 e. The van der Waals surface area contributed by atoms with E-state index in [2.05, 4.69) is 58.0 Å². The number of nitrogens with zero attached hydrogens (tertiary/aromatic N) is 2. The molecule has 1 aliphatic rings. The Bertz CT molecular complexity index is 1450. The summed E-state index contributed by atoms with van der Waals surface area (Å²) in [6, 6.07) is 22.5. The van der Waals surface area contributed by atoms with Crippen LogP contribution in [0.2, 0.25) is 0 Å². The number of anilines is 2. The van der Waals surface area contributed by atoms with Crippen molar-refractivity contribution in [2.24, 2.45) is 5.92 Å². The molecule has 0 bridgehead atoms. The van der Waals surface area contributed by atoms with Crippen LogP contribution in [0.25, 0.3) is 11.1 Å². The summed E-state index contributed by atoms with van der Waals surface area (Å²) in [7, 11) is 0. The molecule has 2 aromatic heterocycles. The van der Waals surface area contributed by atoms with E-state index in [1.807, 2.05) is 61.8 Å². The lowest BCUT2D eigenvalue weighted by Gasteiger charge is -2.15. The van der Waals surface area contributed by atoms with Crippen LogP contribution in [-0.2, 0) is 6.42 Å². The molecular weight excluding hydrogens is 454 g/mol. The summed E-state index contributed by atoms with van der Waals surface area (Å²) in [6.45, 7) is 10.3. The van der Waals surface area contributed by atoms with Crippen LogP contribution in [0.4, 0.5) is 11.4 Å². The van der Waals surface area contributed by atoms with Gasteiger partial charge in [-0.1, -0.05) is 55.6 Å². The number of hydrogen-bond donors (Lipinski definition) is 3. The minimum absolute atomic E-state index is 0.345. The Morgan fingerprint density at radius 2 is 1.70 bits per heavy atom. The highest BCUT2D eigenvalue weighted by Crippen LogP contribution is 2.36. The van der Waals surface area contributed by atoms with Crippen molar-refractivity contribution in [1.82, 2.24) is 9.97 Å². The van der Waals surface area contributed by atoms with Gasteiger partial charge in [0, 0.05) is 35.1 Å². The Morgan fingerprint density at radius 3 is 2.43 bits per heavy atom. The Labute approximate surface area is 218 Å². The topological polar surface area (TPSA) is 73.7 Å². The van der Waals surface area contributed by atoms with Gasteiger partial charge in [-0.3, -0.25) is 15.4 Å². The molecule has 5 rings (SSSR count). The maximum atomic E-state index is 8.84. The van der Waals surface area contributed by atoms with Crippen LogP contribution in [0.3, 0.4) is 0 Å². The quantitative estimate of drug-likeness (QED) is 0.205. The van der Waals surface area contributed by atoms with Gasteiger partial charge < -0.3 is 10.6 Å². The summed E-state index contributed by atoms with van der Waals surface area (Å²) in [5.41, 5.74) is 9.69. The second-order valence-corrected chi connectivity index (χ2v) is 9.60. The molecule has 1 fully saturated rings. The summed E-state index contributed by atoms with van der Waals surface area (Å²) in [6.07, 6.45) is 8.64. The van der Waals surface area contributed by atoms with E-state index in [9.17, 15) is 0 Å². The van der Waals surface area contributed by atoms with E-state index in [0.717, 1.165) is 51.4 Å². The number of nitrogens with one attached hydrogen (secondary N) is 3. The fraction of sp³-hybridized carbons (Fsp3) is 0.156. The molecule has 1 saturated carbocycles. The van der Waals surface area contributed by atoms with E-state index in [4.69, 9.17) is 5.41 Å². The van der Waals surface area contributed by atoms with Crippen molar-refractivity contribution in [2.45, 2.75) is 26.2 Å². The summed E-state index contributed by atoms with van der Waals surface area (Å²) in [5, 5.41) is 15.5. The van der Waals surface area contributed by atoms with Gasteiger partial charge in [0.1, 0.15) is 0 Å². The van der Waals surface area contributed by atoms with Crippen LogP contribution in [-0.4, -0.2) is 15.7 Å². The number of benzene rings is 2. The van der Waals surface area contributed by atoms with Crippen molar-refractivity contribution in [3.8, 4) is 11.1 Å². The fourth-order valence-electron chi connectivity index (χ4n) is 4.26. The molecule has 5 nitrogen and oxygen atoms in total. The standard InChI is InChI=1S/C32H31N5/c1-21-9-10-26(27-16-30(19-34-18-27)36-22(2)25-11-12-25)17-31(21)32(33)23(3)37-29-14-13-28(35-20-29)15-24-7-5-4-6-8-24/h4-10,13-14,16-20,25,33,36-37H,2-3,11-12,15H2,1H3. The van der Waals surface area contributed by atoms with Gasteiger partial charge in [-0.05, 0) is 66.6 Å². The maximum absolute atomic E-state index is 8.84. The predicted octanol–water partition coefficient (Wildman–Crippen LogP) is 7.37. The Kier molecular flexibility index (Phi) is 6.95. The van der Waals surface area contributed by atoms with Gasteiger partial charge >= 0.3 is 0 Å². The van der Waals surface area contributed by atoms with Crippen LogP contribution < -0.4 is 10.6 Å². The van der Waals surface area contributed by atoms with Gasteiger partial charge in [0.05, 0.1) is 35.2 Å². The second kappa shape index (κ2) is 10.6. The lowest BCUT2D eigenvalue weighted by Crippen LogP contribution is -2.12.